The maximum absolute atomic E-state index is 8.35. The van der Waals surface area contributed by atoms with Gasteiger partial charge in [0.05, 0.1) is 5.71 Å². The molecule has 1 aliphatic rings. The fourth-order valence-corrected chi connectivity index (χ4v) is 2.58. The zero-order valence-electron chi connectivity index (χ0n) is 9.83. The summed E-state index contributed by atoms with van der Waals surface area (Å²) in [7, 11) is 0. The van der Waals surface area contributed by atoms with E-state index in [1.54, 1.807) is 0 Å². The summed E-state index contributed by atoms with van der Waals surface area (Å²) < 4.78 is 1.04. The molecule has 0 saturated heterocycles. The van der Waals surface area contributed by atoms with Gasteiger partial charge in [-0.25, -0.2) is 0 Å². The molecule has 0 spiro atoms. The Labute approximate surface area is 115 Å². The van der Waals surface area contributed by atoms with Gasteiger partial charge in [-0.05, 0) is 24.1 Å². The number of para-hydroxylation sites is 1. The van der Waals surface area contributed by atoms with E-state index in [2.05, 4.69) is 27.3 Å². The topological polar surface area (TPSA) is 35.9 Å². The maximum Gasteiger partial charge on any atom is 0.0705 e. The van der Waals surface area contributed by atoms with Crippen LogP contribution < -0.4 is 5.32 Å². The lowest BCUT2D eigenvalue weighted by atomic mass is 9.98. The average Bonchev–Trinajstić information content (AvgIpc) is 2.87. The minimum Gasteiger partial charge on any atom is -0.384 e. The van der Waals surface area contributed by atoms with E-state index >= 15 is 0 Å². The average molecular weight is 301 g/mol. The molecule has 0 aliphatic carbocycles. The quantitative estimate of drug-likeness (QED) is 0.812. The van der Waals surface area contributed by atoms with Crippen LogP contribution in [0.25, 0.3) is 0 Å². The number of anilines is 1. The van der Waals surface area contributed by atoms with Crippen molar-refractivity contribution in [1.29, 1.82) is 5.41 Å². The molecule has 90 valence electrons. The molecule has 0 atom stereocenters. The van der Waals surface area contributed by atoms with E-state index < -0.39 is 0 Å². The molecule has 3 heteroatoms. The lowest BCUT2D eigenvalue weighted by Crippen LogP contribution is -2.05. The van der Waals surface area contributed by atoms with E-state index in [4.69, 9.17) is 5.41 Å². The molecule has 0 fully saturated rings. The van der Waals surface area contributed by atoms with Gasteiger partial charge in [-0.1, -0.05) is 46.3 Å². The molecular weight excluding hydrogens is 288 g/mol. The van der Waals surface area contributed by atoms with Gasteiger partial charge in [-0.3, -0.25) is 5.41 Å². The molecule has 2 nitrogen and oxygen atoms in total. The van der Waals surface area contributed by atoms with Crippen LogP contribution in [0.5, 0.6) is 0 Å². The first-order valence-electron chi connectivity index (χ1n) is 5.96. The number of hydrogen-bond acceptors (Lipinski definition) is 2. The van der Waals surface area contributed by atoms with E-state index in [0.717, 1.165) is 34.3 Å². The van der Waals surface area contributed by atoms with Crippen LogP contribution in [-0.4, -0.2) is 12.3 Å². The highest BCUT2D eigenvalue weighted by atomic mass is 79.9. The van der Waals surface area contributed by atoms with Crippen LogP contribution in [-0.2, 0) is 6.42 Å². The van der Waals surface area contributed by atoms with Gasteiger partial charge in [0.15, 0.2) is 0 Å². The van der Waals surface area contributed by atoms with Crippen LogP contribution in [0.2, 0.25) is 0 Å². The molecule has 1 aliphatic heterocycles. The van der Waals surface area contributed by atoms with Crippen LogP contribution in [0.15, 0.2) is 46.9 Å². The van der Waals surface area contributed by atoms with Crippen molar-refractivity contribution in [3.63, 3.8) is 0 Å². The van der Waals surface area contributed by atoms with Crippen LogP contribution in [0.1, 0.15) is 16.7 Å². The molecule has 2 N–H and O–H groups in total. The van der Waals surface area contributed by atoms with Crippen LogP contribution >= 0.6 is 15.9 Å². The Hall–Kier alpha value is -1.61. The largest absolute Gasteiger partial charge is 0.384 e. The summed E-state index contributed by atoms with van der Waals surface area (Å²) in [5, 5.41) is 11.7. The molecule has 0 bridgehead atoms. The Kier molecular flexibility index (Phi) is 2.92. The summed E-state index contributed by atoms with van der Waals surface area (Å²) in [5.74, 6) is 0. The van der Waals surface area contributed by atoms with Gasteiger partial charge in [-0.2, -0.15) is 0 Å². The standard InChI is InChI=1S/C15H13BrN2/c16-12-6-4-10(5-7-12)14(17)13-3-1-2-11-8-9-18-15(11)13/h1-7,17-18H,8-9H2. The Bertz CT molecular complexity index is 602. The third-order valence-corrected chi connectivity index (χ3v) is 3.78. The van der Waals surface area contributed by atoms with E-state index in [-0.39, 0.29) is 0 Å². The van der Waals surface area contributed by atoms with Gasteiger partial charge < -0.3 is 5.32 Å². The number of nitrogens with one attached hydrogen (secondary N) is 2. The minimum absolute atomic E-state index is 0.578. The smallest absolute Gasteiger partial charge is 0.0705 e. The SMILES string of the molecule is N=C(c1ccc(Br)cc1)c1cccc2c1NCC2. The highest BCUT2D eigenvalue weighted by Gasteiger charge is 2.16. The number of rotatable bonds is 2. The Morgan fingerprint density at radius 2 is 1.89 bits per heavy atom. The van der Waals surface area contributed by atoms with Gasteiger partial charge in [0.2, 0.25) is 0 Å². The van der Waals surface area contributed by atoms with E-state index in [1.165, 1.54) is 5.56 Å². The lowest BCUT2D eigenvalue weighted by molar-refractivity contribution is 1.11. The predicted molar refractivity (Wildman–Crippen MR) is 78.7 cm³/mol. The molecule has 0 unspecified atom stereocenters. The second kappa shape index (κ2) is 4.58. The third-order valence-electron chi connectivity index (χ3n) is 3.25. The molecule has 0 radical (unpaired) electrons. The van der Waals surface area contributed by atoms with Gasteiger partial charge in [0.25, 0.3) is 0 Å². The summed E-state index contributed by atoms with van der Waals surface area (Å²) in [6.07, 6.45) is 1.05. The van der Waals surface area contributed by atoms with Crippen LogP contribution in [0.3, 0.4) is 0 Å². The van der Waals surface area contributed by atoms with Gasteiger partial charge in [0, 0.05) is 27.8 Å². The third kappa shape index (κ3) is 1.95. The Morgan fingerprint density at radius 3 is 2.67 bits per heavy atom. The fraction of sp³-hybridized carbons (Fsp3) is 0.133. The van der Waals surface area contributed by atoms with Crippen LogP contribution in [0.4, 0.5) is 5.69 Å². The molecule has 2 aromatic carbocycles. The number of fused-ring (bicyclic) bond motifs is 1. The summed E-state index contributed by atoms with van der Waals surface area (Å²) in [6.45, 7) is 0.972. The monoisotopic (exact) mass is 300 g/mol. The van der Waals surface area contributed by atoms with Gasteiger partial charge in [-0.15, -0.1) is 0 Å². The van der Waals surface area contributed by atoms with E-state index in [1.807, 2.05) is 36.4 Å². The number of hydrogen-bond donors (Lipinski definition) is 2. The first-order valence-corrected chi connectivity index (χ1v) is 6.75. The molecule has 0 saturated carbocycles. The number of benzene rings is 2. The highest BCUT2D eigenvalue weighted by Crippen LogP contribution is 2.28. The molecule has 0 aromatic heterocycles. The zero-order chi connectivity index (χ0) is 12.5. The van der Waals surface area contributed by atoms with Crippen molar-refractivity contribution in [2.75, 3.05) is 11.9 Å². The van der Waals surface area contributed by atoms with E-state index in [0.29, 0.717) is 5.71 Å². The lowest BCUT2D eigenvalue weighted by Gasteiger charge is -2.10. The minimum atomic E-state index is 0.578. The van der Waals surface area contributed by atoms with Crippen LogP contribution in [0, 0.1) is 5.41 Å². The first kappa shape index (κ1) is 11.5. The van der Waals surface area contributed by atoms with Crippen molar-refractivity contribution in [3.8, 4) is 0 Å². The van der Waals surface area contributed by atoms with Crippen molar-refractivity contribution in [2.24, 2.45) is 0 Å². The van der Waals surface area contributed by atoms with Crippen molar-refractivity contribution >= 4 is 27.3 Å². The predicted octanol–water partition coefficient (Wildman–Crippen LogP) is 3.83. The fourth-order valence-electron chi connectivity index (χ4n) is 2.32. The molecule has 18 heavy (non-hydrogen) atoms. The highest BCUT2D eigenvalue weighted by molar-refractivity contribution is 9.10. The molecule has 3 rings (SSSR count). The second-order valence-electron chi connectivity index (χ2n) is 4.40. The van der Waals surface area contributed by atoms with Crippen molar-refractivity contribution < 1.29 is 0 Å². The summed E-state index contributed by atoms with van der Waals surface area (Å²) in [4.78, 5) is 0. The van der Waals surface area contributed by atoms with Crippen molar-refractivity contribution in [3.05, 3.63) is 63.6 Å². The molecular formula is C15H13BrN2. The summed E-state index contributed by atoms with van der Waals surface area (Å²) in [5.41, 5.74) is 4.96. The summed E-state index contributed by atoms with van der Waals surface area (Å²) in [6, 6.07) is 14.1. The Morgan fingerprint density at radius 1 is 1.11 bits per heavy atom. The first-order chi connectivity index (χ1) is 8.75. The number of halogens is 1. The Balaban J connectivity index is 2.03. The molecule has 2 aromatic rings. The second-order valence-corrected chi connectivity index (χ2v) is 5.31. The molecule has 1 heterocycles. The molecule has 0 amide bonds. The van der Waals surface area contributed by atoms with Crippen molar-refractivity contribution in [2.45, 2.75) is 6.42 Å². The van der Waals surface area contributed by atoms with Gasteiger partial charge in [0.1, 0.15) is 0 Å². The van der Waals surface area contributed by atoms with E-state index in [9.17, 15) is 0 Å². The normalized spacial score (nSPS) is 12.9. The summed E-state index contributed by atoms with van der Waals surface area (Å²) >= 11 is 3.42. The van der Waals surface area contributed by atoms with Gasteiger partial charge >= 0.3 is 0 Å². The maximum atomic E-state index is 8.35. The zero-order valence-corrected chi connectivity index (χ0v) is 11.4. The van der Waals surface area contributed by atoms with Crippen molar-refractivity contribution in [1.82, 2.24) is 0 Å².